The van der Waals surface area contributed by atoms with Crippen molar-refractivity contribution in [2.75, 3.05) is 59.0 Å². The molecule has 28 heavy (non-hydrogen) atoms. The Morgan fingerprint density at radius 1 is 1.21 bits per heavy atom. The Labute approximate surface area is 167 Å². The van der Waals surface area contributed by atoms with Crippen LogP contribution in [0.25, 0.3) is 0 Å². The minimum atomic E-state index is -0.224. The van der Waals surface area contributed by atoms with Crippen LogP contribution in [0.2, 0.25) is 0 Å². The number of nitrogens with zero attached hydrogens (tertiary/aromatic N) is 3. The molecule has 0 radical (unpaired) electrons. The third-order valence-corrected chi connectivity index (χ3v) is 5.48. The first-order valence-electron chi connectivity index (χ1n) is 10.3. The number of esters is 1. The molecule has 2 rings (SSSR count). The summed E-state index contributed by atoms with van der Waals surface area (Å²) >= 11 is 0. The van der Waals surface area contributed by atoms with Crippen LogP contribution < -0.4 is 5.32 Å². The summed E-state index contributed by atoms with van der Waals surface area (Å²) in [7, 11) is 0. The number of likely N-dealkylation sites (tertiary alicyclic amines) is 1. The van der Waals surface area contributed by atoms with Gasteiger partial charge in [0.25, 0.3) is 0 Å². The van der Waals surface area contributed by atoms with Crippen molar-refractivity contribution in [3.8, 4) is 0 Å². The normalized spacial score (nSPS) is 22.4. The number of hydrogen-bond donors (Lipinski definition) is 1. The maximum absolute atomic E-state index is 12.9. The lowest BCUT2D eigenvalue weighted by molar-refractivity contribution is -0.152. The second-order valence-electron chi connectivity index (χ2n) is 7.46. The Hall–Kier alpha value is -1.93. The van der Waals surface area contributed by atoms with Crippen LogP contribution in [0.4, 0.5) is 0 Å². The third-order valence-electron chi connectivity index (χ3n) is 5.48. The van der Waals surface area contributed by atoms with Gasteiger partial charge in [0, 0.05) is 45.8 Å². The SMILES string of the molecule is C=CCNC(=O)CN1CCN(C(C)C(=O)N2CCCC(C(=O)OCC)C2)CC1. The fourth-order valence-electron chi connectivity index (χ4n) is 3.80. The molecule has 2 unspecified atom stereocenters. The number of piperazine rings is 1. The number of rotatable bonds is 8. The van der Waals surface area contributed by atoms with Crippen molar-refractivity contribution in [1.82, 2.24) is 20.0 Å². The van der Waals surface area contributed by atoms with Crippen LogP contribution >= 0.6 is 0 Å². The number of carbonyl (C=O) groups excluding carboxylic acids is 3. The van der Waals surface area contributed by atoms with Crippen LogP contribution in [-0.2, 0) is 19.1 Å². The molecule has 2 atom stereocenters. The van der Waals surface area contributed by atoms with Crippen LogP contribution in [0.5, 0.6) is 0 Å². The summed E-state index contributed by atoms with van der Waals surface area (Å²) in [5.74, 6) is -0.339. The largest absolute Gasteiger partial charge is 0.466 e. The minimum Gasteiger partial charge on any atom is -0.466 e. The van der Waals surface area contributed by atoms with Gasteiger partial charge in [-0.1, -0.05) is 6.08 Å². The van der Waals surface area contributed by atoms with Crippen molar-refractivity contribution in [3.63, 3.8) is 0 Å². The molecule has 2 amide bonds. The van der Waals surface area contributed by atoms with Crippen LogP contribution in [0.3, 0.4) is 0 Å². The van der Waals surface area contributed by atoms with Crippen molar-refractivity contribution >= 4 is 17.8 Å². The zero-order valence-electron chi connectivity index (χ0n) is 17.2. The molecule has 0 aliphatic carbocycles. The van der Waals surface area contributed by atoms with E-state index in [1.165, 1.54) is 0 Å². The lowest BCUT2D eigenvalue weighted by Crippen LogP contribution is -2.56. The van der Waals surface area contributed by atoms with Gasteiger partial charge in [0.15, 0.2) is 0 Å². The second-order valence-corrected chi connectivity index (χ2v) is 7.46. The van der Waals surface area contributed by atoms with Crippen molar-refractivity contribution in [3.05, 3.63) is 12.7 Å². The number of nitrogens with one attached hydrogen (secondary N) is 1. The van der Waals surface area contributed by atoms with E-state index in [1.54, 1.807) is 13.0 Å². The van der Waals surface area contributed by atoms with E-state index in [-0.39, 0.29) is 29.7 Å². The predicted octanol–water partition coefficient (Wildman–Crippen LogP) is 0.0964. The van der Waals surface area contributed by atoms with Gasteiger partial charge in [0.2, 0.25) is 11.8 Å². The lowest BCUT2D eigenvalue weighted by Gasteiger charge is -2.40. The topological polar surface area (TPSA) is 82.2 Å². The molecule has 2 saturated heterocycles. The number of piperidine rings is 1. The Bertz CT molecular complexity index is 560. The quantitative estimate of drug-likeness (QED) is 0.464. The lowest BCUT2D eigenvalue weighted by atomic mass is 9.97. The molecule has 2 aliphatic heterocycles. The number of hydrogen-bond acceptors (Lipinski definition) is 6. The predicted molar refractivity (Wildman–Crippen MR) is 107 cm³/mol. The molecule has 0 aromatic carbocycles. The molecule has 8 heteroatoms. The van der Waals surface area contributed by atoms with Crippen LogP contribution in [-0.4, -0.2) is 97.5 Å². The third kappa shape index (κ3) is 6.31. The summed E-state index contributed by atoms with van der Waals surface area (Å²) in [6.07, 6.45) is 3.27. The summed E-state index contributed by atoms with van der Waals surface area (Å²) < 4.78 is 5.12. The highest BCUT2D eigenvalue weighted by Gasteiger charge is 2.34. The molecule has 1 N–H and O–H groups in total. The van der Waals surface area contributed by atoms with Crippen LogP contribution in [0.1, 0.15) is 26.7 Å². The molecule has 0 spiro atoms. The average molecular weight is 395 g/mol. The standard InChI is InChI=1S/C20H34N4O4/c1-4-8-21-18(25)15-22-10-12-23(13-11-22)16(3)19(26)24-9-6-7-17(14-24)20(27)28-5-2/h4,16-17H,1,5-15H2,2-3H3,(H,21,25). The highest BCUT2D eigenvalue weighted by Crippen LogP contribution is 2.20. The molecule has 8 nitrogen and oxygen atoms in total. The smallest absolute Gasteiger partial charge is 0.310 e. The van der Waals surface area contributed by atoms with E-state index in [0.717, 1.165) is 39.0 Å². The average Bonchev–Trinajstić information content (AvgIpc) is 2.72. The van der Waals surface area contributed by atoms with E-state index in [9.17, 15) is 14.4 Å². The van der Waals surface area contributed by atoms with Gasteiger partial charge in [-0.05, 0) is 26.7 Å². The van der Waals surface area contributed by atoms with E-state index >= 15 is 0 Å². The van der Waals surface area contributed by atoms with Gasteiger partial charge in [-0.15, -0.1) is 6.58 Å². The molecule has 0 bridgehead atoms. The maximum Gasteiger partial charge on any atom is 0.310 e. The van der Waals surface area contributed by atoms with Crippen molar-refractivity contribution in [1.29, 1.82) is 0 Å². The maximum atomic E-state index is 12.9. The van der Waals surface area contributed by atoms with E-state index in [4.69, 9.17) is 4.74 Å². The molecule has 2 fully saturated rings. The Morgan fingerprint density at radius 3 is 2.57 bits per heavy atom. The Balaban J connectivity index is 1.79. The van der Waals surface area contributed by atoms with Gasteiger partial charge in [-0.2, -0.15) is 0 Å². The van der Waals surface area contributed by atoms with E-state index in [1.807, 2.05) is 11.8 Å². The number of carbonyl (C=O) groups is 3. The fourth-order valence-corrected chi connectivity index (χ4v) is 3.80. The fraction of sp³-hybridized carbons (Fsp3) is 0.750. The first kappa shape index (κ1) is 22.4. The highest BCUT2D eigenvalue weighted by molar-refractivity contribution is 5.82. The zero-order valence-corrected chi connectivity index (χ0v) is 17.2. The molecule has 2 heterocycles. The van der Waals surface area contributed by atoms with Gasteiger partial charge in [-0.3, -0.25) is 24.2 Å². The number of amides is 2. The van der Waals surface area contributed by atoms with E-state index < -0.39 is 0 Å². The summed E-state index contributed by atoms with van der Waals surface area (Å²) in [5, 5.41) is 2.79. The van der Waals surface area contributed by atoms with Gasteiger partial charge >= 0.3 is 5.97 Å². The Morgan fingerprint density at radius 2 is 1.93 bits per heavy atom. The molecular weight excluding hydrogens is 360 g/mol. The molecule has 158 valence electrons. The monoisotopic (exact) mass is 394 g/mol. The second kappa shape index (κ2) is 11.2. The van der Waals surface area contributed by atoms with Gasteiger partial charge in [0.1, 0.15) is 0 Å². The molecule has 0 aromatic heterocycles. The molecule has 0 aromatic rings. The van der Waals surface area contributed by atoms with Crippen molar-refractivity contribution in [2.24, 2.45) is 5.92 Å². The van der Waals surface area contributed by atoms with Gasteiger partial charge in [0.05, 0.1) is 25.1 Å². The van der Waals surface area contributed by atoms with Crippen molar-refractivity contribution in [2.45, 2.75) is 32.7 Å². The minimum absolute atomic E-state index is 0.00389. The van der Waals surface area contributed by atoms with E-state index in [2.05, 4.69) is 21.7 Å². The van der Waals surface area contributed by atoms with Crippen LogP contribution in [0, 0.1) is 5.92 Å². The zero-order chi connectivity index (χ0) is 20.5. The summed E-state index contributed by atoms with van der Waals surface area (Å²) in [4.78, 5) is 42.9. The Kier molecular flexibility index (Phi) is 8.92. The summed E-state index contributed by atoms with van der Waals surface area (Å²) in [5.41, 5.74) is 0. The highest BCUT2D eigenvalue weighted by atomic mass is 16.5. The first-order chi connectivity index (χ1) is 13.5. The van der Waals surface area contributed by atoms with Gasteiger partial charge in [-0.25, -0.2) is 0 Å². The summed E-state index contributed by atoms with van der Waals surface area (Å²) in [6, 6.07) is -0.224. The number of ether oxygens (including phenoxy) is 1. The molecule has 0 saturated carbocycles. The molecule has 2 aliphatic rings. The molecular formula is C20H34N4O4. The first-order valence-corrected chi connectivity index (χ1v) is 10.3. The van der Waals surface area contributed by atoms with Crippen molar-refractivity contribution < 1.29 is 19.1 Å². The van der Waals surface area contributed by atoms with Gasteiger partial charge < -0.3 is 15.0 Å². The van der Waals surface area contributed by atoms with Crippen LogP contribution in [0.15, 0.2) is 12.7 Å². The summed E-state index contributed by atoms with van der Waals surface area (Å²) in [6.45, 7) is 12.7. The van der Waals surface area contributed by atoms with E-state index in [0.29, 0.717) is 32.8 Å².